The Morgan fingerprint density at radius 3 is 2.20 bits per heavy atom. The SMILES string of the molecule is CCCCCCCC(C)C(C)C1OC1C. The highest BCUT2D eigenvalue weighted by Gasteiger charge is 2.40. The van der Waals surface area contributed by atoms with E-state index in [1.165, 1.54) is 38.5 Å². The second-order valence-electron chi connectivity index (χ2n) is 5.35. The van der Waals surface area contributed by atoms with Gasteiger partial charge in [0.1, 0.15) is 0 Å². The highest BCUT2D eigenvalue weighted by molar-refractivity contribution is 4.87. The summed E-state index contributed by atoms with van der Waals surface area (Å²) >= 11 is 0. The molecule has 0 radical (unpaired) electrons. The van der Waals surface area contributed by atoms with E-state index in [9.17, 15) is 0 Å². The summed E-state index contributed by atoms with van der Waals surface area (Å²) in [5, 5.41) is 0. The first-order chi connectivity index (χ1) is 7.16. The smallest absolute Gasteiger partial charge is 0.0867 e. The zero-order valence-corrected chi connectivity index (χ0v) is 11.0. The molecule has 0 amide bonds. The molecule has 0 spiro atoms. The summed E-state index contributed by atoms with van der Waals surface area (Å²) in [6.07, 6.45) is 9.49. The van der Waals surface area contributed by atoms with Crippen LogP contribution in [0.1, 0.15) is 66.2 Å². The largest absolute Gasteiger partial charge is 0.370 e. The Morgan fingerprint density at radius 1 is 1.07 bits per heavy atom. The third kappa shape index (κ3) is 4.55. The van der Waals surface area contributed by atoms with E-state index in [4.69, 9.17) is 4.74 Å². The minimum Gasteiger partial charge on any atom is -0.370 e. The molecule has 15 heavy (non-hydrogen) atoms. The van der Waals surface area contributed by atoms with Crippen molar-refractivity contribution in [2.45, 2.75) is 78.4 Å². The van der Waals surface area contributed by atoms with Crippen molar-refractivity contribution < 1.29 is 4.74 Å². The quantitative estimate of drug-likeness (QED) is 0.429. The lowest BCUT2D eigenvalue weighted by Crippen LogP contribution is -2.15. The van der Waals surface area contributed by atoms with Crippen molar-refractivity contribution in [3.8, 4) is 0 Å². The molecule has 0 bridgehead atoms. The molecule has 0 aromatic heterocycles. The summed E-state index contributed by atoms with van der Waals surface area (Å²) in [6, 6.07) is 0. The van der Waals surface area contributed by atoms with Crippen LogP contribution < -0.4 is 0 Å². The molecule has 0 aliphatic carbocycles. The van der Waals surface area contributed by atoms with Gasteiger partial charge in [-0.05, 0) is 18.8 Å². The van der Waals surface area contributed by atoms with Crippen LogP contribution >= 0.6 is 0 Å². The second kappa shape index (κ2) is 6.52. The molecule has 0 aromatic carbocycles. The molecule has 1 saturated heterocycles. The van der Waals surface area contributed by atoms with E-state index in [1.807, 2.05) is 0 Å². The molecular weight excluding hydrogens is 184 g/mol. The Labute approximate surface area is 95.6 Å². The van der Waals surface area contributed by atoms with Crippen molar-refractivity contribution in [3.63, 3.8) is 0 Å². The van der Waals surface area contributed by atoms with Crippen molar-refractivity contribution in [1.29, 1.82) is 0 Å². The van der Waals surface area contributed by atoms with E-state index >= 15 is 0 Å². The van der Waals surface area contributed by atoms with Gasteiger partial charge in [-0.1, -0.05) is 59.3 Å². The minimum atomic E-state index is 0.530. The molecule has 90 valence electrons. The zero-order chi connectivity index (χ0) is 11.3. The Morgan fingerprint density at radius 2 is 1.67 bits per heavy atom. The van der Waals surface area contributed by atoms with Gasteiger partial charge in [0.05, 0.1) is 12.2 Å². The van der Waals surface area contributed by atoms with Gasteiger partial charge in [0.25, 0.3) is 0 Å². The molecule has 4 atom stereocenters. The summed E-state index contributed by atoms with van der Waals surface area (Å²) in [5.74, 6) is 1.59. The second-order valence-corrected chi connectivity index (χ2v) is 5.35. The van der Waals surface area contributed by atoms with Crippen LogP contribution in [-0.4, -0.2) is 12.2 Å². The van der Waals surface area contributed by atoms with Crippen LogP contribution in [0.2, 0.25) is 0 Å². The van der Waals surface area contributed by atoms with Crippen LogP contribution in [0.5, 0.6) is 0 Å². The van der Waals surface area contributed by atoms with Crippen molar-refractivity contribution in [2.24, 2.45) is 11.8 Å². The van der Waals surface area contributed by atoms with Gasteiger partial charge in [-0.25, -0.2) is 0 Å². The topological polar surface area (TPSA) is 12.5 Å². The van der Waals surface area contributed by atoms with Crippen molar-refractivity contribution in [2.75, 3.05) is 0 Å². The monoisotopic (exact) mass is 212 g/mol. The highest BCUT2D eigenvalue weighted by atomic mass is 16.6. The lowest BCUT2D eigenvalue weighted by molar-refractivity contribution is 0.261. The number of ether oxygens (including phenoxy) is 1. The molecule has 0 aromatic rings. The summed E-state index contributed by atoms with van der Waals surface area (Å²) in [7, 11) is 0. The van der Waals surface area contributed by atoms with Crippen molar-refractivity contribution in [1.82, 2.24) is 0 Å². The Bertz CT molecular complexity index is 167. The molecule has 0 saturated carbocycles. The number of epoxide rings is 1. The maximum absolute atomic E-state index is 5.54. The standard InChI is InChI=1S/C14H28O/c1-5-6-7-8-9-10-11(2)12(3)14-13(4)15-14/h11-14H,5-10H2,1-4H3. The van der Waals surface area contributed by atoms with Gasteiger partial charge in [-0.3, -0.25) is 0 Å². The van der Waals surface area contributed by atoms with Gasteiger partial charge in [-0.2, -0.15) is 0 Å². The number of hydrogen-bond acceptors (Lipinski definition) is 1. The molecule has 1 heteroatoms. The number of unbranched alkanes of at least 4 members (excludes halogenated alkanes) is 4. The molecule has 1 aliphatic rings. The first-order valence-electron chi connectivity index (χ1n) is 6.82. The molecule has 1 aliphatic heterocycles. The fourth-order valence-corrected chi connectivity index (χ4v) is 2.41. The molecule has 4 unspecified atom stereocenters. The van der Waals surface area contributed by atoms with Crippen LogP contribution in [0.15, 0.2) is 0 Å². The van der Waals surface area contributed by atoms with Gasteiger partial charge in [-0.15, -0.1) is 0 Å². The van der Waals surface area contributed by atoms with Gasteiger partial charge < -0.3 is 4.74 Å². The van der Waals surface area contributed by atoms with E-state index in [2.05, 4.69) is 27.7 Å². The predicted molar refractivity (Wildman–Crippen MR) is 66.0 cm³/mol. The molecule has 1 heterocycles. The normalized spacial score (nSPS) is 28.8. The Balaban J connectivity index is 2.00. The summed E-state index contributed by atoms with van der Waals surface area (Å²) in [5.41, 5.74) is 0. The van der Waals surface area contributed by atoms with E-state index in [0.717, 1.165) is 11.8 Å². The highest BCUT2D eigenvalue weighted by Crippen LogP contribution is 2.35. The van der Waals surface area contributed by atoms with Gasteiger partial charge in [0.15, 0.2) is 0 Å². The minimum absolute atomic E-state index is 0.530. The molecule has 1 rings (SSSR count). The lowest BCUT2D eigenvalue weighted by Gasteiger charge is -2.17. The zero-order valence-electron chi connectivity index (χ0n) is 11.0. The van der Waals surface area contributed by atoms with Gasteiger partial charge in [0.2, 0.25) is 0 Å². The Hall–Kier alpha value is -0.0400. The van der Waals surface area contributed by atoms with E-state index in [-0.39, 0.29) is 0 Å². The van der Waals surface area contributed by atoms with Crippen LogP contribution in [0.4, 0.5) is 0 Å². The van der Waals surface area contributed by atoms with E-state index in [0.29, 0.717) is 12.2 Å². The predicted octanol–water partition coefficient (Wildman–Crippen LogP) is 4.41. The van der Waals surface area contributed by atoms with Crippen LogP contribution in [-0.2, 0) is 4.74 Å². The summed E-state index contributed by atoms with van der Waals surface area (Å²) < 4.78 is 5.54. The Kier molecular flexibility index (Phi) is 5.66. The summed E-state index contributed by atoms with van der Waals surface area (Å²) in [4.78, 5) is 0. The van der Waals surface area contributed by atoms with Crippen molar-refractivity contribution in [3.05, 3.63) is 0 Å². The van der Waals surface area contributed by atoms with Gasteiger partial charge in [0, 0.05) is 0 Å². The fraction of sp³-hybridized carbons (Fsp3) is 1.00. The summed E-state index contributed by atoms with van der Waals surface area (Å²) in [6.45, 7) is 9.20. The molecule has 1 nitrogen and oxygen atoms in total. The maximum Gasteiger partial charge on any atom is 0.0867 e. The molecular formula is C14H28O. The maximum atomic E-state index is 5.54. The van der Waals surface area contributed by atoms with Crippen molar-refractivity contribution >= 4 is 0 Å². The third-order valence-electron chi connectivity index (χ3n) is 3.94. The number of hydrogen-bond donors (Lipinski definition) is 0. The van der Waals surface area contributed by atoms with Gasteiger partial charge >= 0.3 is 0 Å². The van der Waals surface area contributed by atoms with Crippen LogP contribution in [0.3, 0.4) is 0 Å². The molecule has 1 fully saturated rings. The van der Waals surface area contributed by atoms with E-state index in [1.54, 1.807) is 0 Å². The average Bonchev–Trinajstić information content (AvgIpc) is 2.94. The average molecular weight is 212 g/mol. The first kappa shape index (κ1) is 13.0. The van der Waals surface area contributed by atoms with Crippen LogP contribution in [0, 0.1) is 11.8 Å². The first-order valence-corrected chi connectivity index (χ1v) is 6.82. The molecule has 0 N–H and O–H groups in total. The third-order valence-corrected chi connectivity index (χ3v) is 3.94. The van der Waals surface area contributed by atoms with Crippen LogP contribution in [0.25, 0.3) is 0 Å². The lowest BCUT2D eigenvalue weighted by atomic mass is 9.87. The fourth-order valence-electron chi connectivity index (χ4n) is 2.41. The van der Waals surface area contributed by atoms with E-state index < -0.39 is 0 Å². The number of rotatable bonds is 8.